The zero-order chi connectivity index (χ0) is 12.0. The van der Waals surface area contributed by atoms with Crippen LogP contribution in [0, 0.1) is 17.1 Å². The van der Waals surface area contributed by atoms with E-state index in [9.17, 15) is 4.39 Å². The molecule has 0 saturated carbocycles. The van der Waals surface area contributed by atoms with Crippen molar-refractivity contribution < 1.29 is 9.13 Å². The van der Waals surface area contributed by atoms with Gasteiger partial charge in [-0.25, -0.2) is 4.39 Å². The summed E-state index contributed by atoms with van der Waals surface area (Å²) in [6, 6.07) is 8.03. The lowest BCUT2D eigenvalue weighted by atomic mass is 10.1. The van der Waals surface area contributed by atoms with Gasteiger partial charge in [0.2, 0.25) is 0 Å². The van der Waals surface area contributed by atoms with E-state index in [1.807, 2.05) is 6.92 Å². The van der Waals surface area contributed by atoms with E-state index in [1.54, 1.807) is 19.1 Å². The maximum Gasteiger partial charge on any atom is 0.146 e. The van der Waals surface area contributed by atoms with Gasteiger partial charge in [-0.3, -0.25) is 0 Å². The highest BCUT2D eigenvalue weighted by Crippen LogP contribution is 2.15. The number of hydrogen-bond acceptors (Lipinski definition) is 3. The van der Waals surface area contributed by atoms with Gasteiger partial charge in [0.1, 0.15) is 11.4 Å². The number of ether oxygens (including phenoxy) is 1. The van der Waals surface area contributed by atoms with Crippen LogP contribution < -0.4 is 5.32 Å². The summed E-state index contributed by atoms with van der Waals surface area (Å²) in [6.07, 6.45) is 0. The molecule has 0 saturated heterocycles. The molecule has 3 nitrogen and oxygen atoms in total. The van der Waals surface area contributed by atoms with Crippen molar-refractivity contribution in [2.75, 3.05) is 18.5 Å². The Labute approximate surface area is 94.8 Å². The Hall–Kier alpha value is -1.60. The predicted octanol–water partition coefficient (Wildman–Crippen LogP) is 2.56. The van der Waals surface area contributed by atoms with Crippen molar-refractivity contribution in [1.29, 1.82) is 5.26 Å². The lowest BCUT2D eigenvalue weighted by Crippen LogP contribution is -2.38. The van der Waals surface area contributed by atoms with Gasteiger partial charge < -0.3 is 10.1 Å². The first-order valence-corrected chi connectivity index (χ1v) is 5.12. The molecule has 0 radical (unpaired) electrons. The Kier molecular flexibility index (Phi) is 4.27. The summed E-state index contributed by atoms with van der Waals surface area (Å²) in [6.45, 7) is 4.46. The van der Waals surface area contributed by atoms with Gasteiger partial charge in [0.25, 0.3) is 0 Å². The minimum absolute atomic E-state index is 0.289. The molecular weight excluding hydrogens is 207 g/mol. The molecular formula is C12H15FN2O. The summed E-state index contributed by atoms with van der Waals surface area (Å²) < 4.78 is 17.9. The van der Waals surface area contributed by atoms with Gasteiger partial charge in [-0.15, -0.1) is 0 Å². The third-order valence-corrected chi connectivity index (χ3v) is 2.11. The molecule has 0 bridgehead atoms. The van der Waals surface area contributed by atoms with Crippen LogP contribution in [-0.4, -0.2) is 18.8 Å². The standard InChI is InChI=1S/C12H15FN2O/c1-3-16-9-12(2,8-14)15-11-6-4-10(13)5-7-11/h4-7,15H,3,9H2,1-2H3. The number of benzene rings is 1. The monoisotopic (exact) mass is 222 g/mol. The second-order valence-corrected chi connectivity index (χ2v) is 3.71. The summed E-state index contributed by atoms with van der Waals surface area (Å²) in [4.78, 5) is 0. The number of nitrogens with one attached hydrogen (secondary N) is 1. The second kappa shape index (κ2) is 5.47. The Morgan fingerprint density at radius 3 is 2.56 bits per heavy atom. The molecule has 0 amide bonds. The minimum Gasteiger partial charge on any atom is -0.378 e. The van der Waals surface area contributed by atoms with Crippen molar-refractivity contribution in [2.24, 2.45) is 0 Å². The average molecular weight is 222 g/mol. The smallest absolute Gasteiger partial charge is 0.146 e. The van der Waals surface area contributed by atoms with Crippen LogP contribution in [0.3, 0.4) is 0 Å². The highest BCUT2D eigenvalue weighted by atomic mass is 19.1. The maximum absolute atomic E-state index is 12.7. The van der Waals surface area contributed by atoms with E-state index in [4.69, 9.17) is 10.00 Å². The number of anilines is 1. The van der Waals surface area contributed by atoms with Crippen LogP contribution in [0.4, 0.5) is 10.1 Å². The Balaban J connectivity index is 2.69. The largest absolute Gasteiger partial charge is 0.378 e. The SMILES string of the molecule is CCOCC(C)(C#N)Nc1ccc(F)cc1. The Morgan fingerprint density at radius 2 is 2.06 bits per heavy atom. The van der Waals surface area contributed by atoms with Gasteiger partial charge >= 0.3 is 0 Å². The van der Waals surface area contributed by atoms with Crippen molar-refractivity contribution in [3.63, 3.8) is 0 Å². The Bertz CT molecular complexity index is 372. The first kappa shape index (κ1) is 12.5. The lowest BCUT2D eigenvalue weighted by molar-refractivity contribution is 0.125. The van der Waals surface area contributed by atoms with Gasteiger partial charge in [0, 0.05) is 12.3 Å². The third kappa shape index (κ3) is 3.52. The molecule has 4 heteroatoms. The first-order chi connectivity index (χ1) is 7.59. The summed E-state index contributed by atoms with van der Waals surface area (Å²) >= 11 is 0. The van der Waals surface area contributed by atoms with E-state index in [0.29, 0.717) is 12.3 Å². The molecule has 1 aromatic rings. The van der Waals surface area contributed by atoms with E-state index >= 15 is 0 Å². The molecule has 1 unspecified atom stereocenters. The van der Waals surface area contributed by atoms with Crippen molar-refractivity contribution in [2.45, 2.75) is 19.4 Å². The molecule has 0 fully saturated rings. The molecule has 0 aromatic heterocycles. The fourth-order valence-electron chi connectivity index (χ4n) is 1.25. The van der Waals surface area contributed by atoms with Gasteiger partial charge in [0.05, 0.1) is 12.7 Å². The fourth-order valence-corrected chi connectivity index (χ4v) is 1.25. The number of nitriles is 1. The molecule has 0 heterocycles. The van der Waals surface area contributed by atoms with Crippen LogP contribution >= 0.6 is 0 Å². The van der Waals surface area contributed by atoms with E-state index in [2.05, 4.69) is 11.4 Å². The molecule has 1 rings (SSSR count). The number of nitrogens with zero attached hydrogens (tertiary/aromatic N) is 1. The van der Waals surface area contributed by atoms with Crippen LogP contribution in [0.5, 0.6) is 0 Å². The zero-order valence-corrected chi connectivity index (χ0v) is 9.46. The van der Waals surface area contributed by atoms with Crippen molar-refractivity contribution in [1.82, 2.24) is 0 Å². The topological polar surface area (TPSA) is 45.0 Å². The number of rotatable bonds is 5. The van der Waals surface area contributed by atoms with E-state index in [1.165, 1.54) is 12.1 Å². The summed E-state index contributed by atoms with van der Waals surface area (Å²) in [5.74, 6) is -0.297. The molecule has 1 aromatic carbocycles. The summed E-state index contributed by atoms with van der Waals surface area (Å²) in [5.41, 5.74) is -0.0986. The zero-order valence-electron chi connectivity index (χ0n) is 9.46. The second-order valence-electron chi connectivity index (χ2n) is 3.71. The van der Waals surface area contributed by atoms with Gasteiger partial charge in [-0.2, -0.15) is 5.26 Å². The van der Waals surface area contributed by atoms with Crippen LogP contribution in [0.25, 0.3) is 0 Å². The average Bonchev–Trinajstić information content (AvgIpc) is 2.30. The van der Waals surface area contributed by atoms with Crippen LogP contribution in [0.2, 0.25) is 0 Å². The number of hydrogen-bond donors (Lipinski definition) is 1. The van der Waals surface area contributed by atoms with Gasteiger partial charge in [-0.05, 0) is 38.1 Å². The molecule has 1 atom stereocenters. The van der Waals surface area contributed by atoms with Crippen molar-refractivity contribution in [3.8, 4) is 6.07 Å². The van der Waals surface area contributed by atoms with Gasteiger partial charge in [-0.1, -0.05) is 0 Å². The molecule has 0 aliphatic carbocycles. The quantitative estimate of drug-likeness (QED) is 0.832. The maximum atomic E-state index is 12.7. The molecule has 0 spiro atoms. The normalized spacial score (nSPS) is 13.9. The third-order valence-electron chi connectivity index (χ3n) is 2.11. The van der Waals surface area contributed by atoms with E-state index < -0.39 is 5.54 Å². The van der Waals surface area contributed by atoms with Crippen molar-refractivity contribution >= 4 is 5.69 Å². The molecule has 16 heavy (non-hydrogen) atoms. The molecule has 0 aliphatic heterocycles. The lowest BCUT2D eigenvalue weighted by Gasteiger charge is -2.24. The van der Waals surface area contributed by atoms with E-state index in [0.717, 1.165) is 0 Å². The summed E-state index contributed by atoms with van der Waals surface area (Å²) in [5, 5.41) is 12.1. The number of halogens is 1. The van der Waals surface area contributed by atoms with Crippen LogP contribution in [0.15, 0.2) is 24.3 Å². The first-order valence-electron chi connectivity index (χ1n) is 5.12. The van der Waals surface area contributed by atoms with Crippen LogP contribution in [0.1, 0.15) is 13.8 Å². The van der Waals surface area contributed by atoms with E-state index in [-0.39, 0.29) is 12.4 Å². The summed E-state index contributed by atoms with van der Waals surface area (Å²) in [7, 11) is 0. The van der Waals surface area contributed by atoms with Gasteiger partial charge in [0.15, 0.2) is 0 Å². The Morgan fingerprint density at radius 1 is 1.44 bits per heavy atom. The minimum atomic E-state index is -0.798. The predicted molar refractivity (Wildman–Crippen MR) is 60.5 cm³/mol. The fraction of sp³-hybridized carbons (Fsp3) is 0.417. The highest BCUT2D eigenvalue weighted by molar-refractivity contribution is 5.47. The molecule has 0 aliphatic rings. The molecule has 1 N–H and O–H groups in total. The highest BCUT2D eigenvalue weighted by Gasteiger charge is 2.23. The molecule has 86 valence electrons. The van der Waals surface area contributed by atoms with Crippen molar-refractivity contribution in [3.05, 3.63) is 30.1 Å². The van der Waals surface area contributed by atoms with Crippen LogP contribution in [-0.2, 0) is 4.74 Å².